The lowest BCUT2D eigenvalue weighted by Crippen LogP contribution is -2.13. The van der Waals surface area contributed by atoms with Crippen LogP contribution in [-0.2, 0) is 10.0 Å². The summed E-state index contributed by atoms with van der Waals surface area (Å²) >= 11 is 0. The van der Waals surface area contributed by atoms with Gasteiger partial charge in [0.05, 0.1) is 0 Å². The fraction of sp³-hybridized carbons (Fsp3) is 0.200. The molecule has 128 valence electrons. The van der Waals surface area contributed by atoms with E-state index in [-0.39, 0.29) is 5.03 Å². The number of rotatable bonds is 5. The lowest BCUT2D eigenvalue weighted by Gasteiger charge is -2.05. The number of hydrogen-bond acceptors (Lipinski definition) is 7. The molecule has 0 saturated heterocycles. The summed E-state index contributed by atoms with van der Waals surface area (Å²) in [4.78, 5) is 12.4. The summed E-state index contributed by atoms with van der Waals surface area (Å²) in [5.74, 6) is 2.27. The summed E-state index contributed by atoms with van der Waals surface area (Å²) in [6.07, 6.45) is 5.37. The van der Waals surface area contributed by atoms with Crippen LogP contribution in [0.5, 0.6) is 0 Å². The van der Waals surface area contributed by atoms with Crippen molar-refractivity contribution in [1.82, 2.24) is 25.1 Å². The Balaban J connectivity index is 1.56. The highest BCUT2D eigenvalue weighted by Crippen LogP contribution is 2.39. The Morgan fingerprint density at radius 1 is 1.16 bits per heavy atom. The average molecular weight is 357 g/mol. The van der Waals surface area contributed by atoms with E-state index in [0.717, 1.165) is 5.69 Å². The number of aromatic amines is 1. The van der Waals surface area contributed by atoms with E-state index in [1.54, 1.807) is 18.3 Å². The Labute approximate surface area is 143 Å². The van der Waals surface area contributed by atoms with E-state index in [4.69, 9.17) is 5.14 Å². The van der Waals surface area contributed by atoms with Crippen LogP contribution >= 0.6 is 0 Å². The van der Waals surface area contributed by atoms with Crippen LogP contribution in [0, 0.1) is 0 Å². The van der Waals surface area contributed by atoms with Crippen molar-refractivity contribution in [3.63, 3.8) is 0 Å². The van der Waals surface area contributed by atoms with E-state index < -0.39 is 10.0 Å². The second-order valence-corrected chi connectivity index (χ2v) is 7.31. The summed E-state index contributed by atoms with van der Waals surface area (Å²) in [7, 11) is -3.83. The molecule has 0 bridgehead atoms. The Morgan fingerprint density at radius 3 is 2.68 bits per heavy atom. The van der Waals surface area contributed by atoms with E-state index in [1.807, 2.05) is 6.07 Å². The van der Waals surface area contributed by atoms with Crippen molar-refractivity contribution in [2.45, 2.75) is 23.8 Å². The predicted molar refractivity (Wildman–Crippen MR) is 90.5 cm³/mol. The van der Waals surface area contributed by atoms with Crippen LogP contribution in [0.15, 0.2) is 41.7 Å². The number of anilines is 2. The Hall–Kier alpha value is -2.85. The molecule has 3 aromatic heterocycles. The molecule has 3 heterocycles. The van der Waals surface area contributed by atoms with Gasteiger partial charge in [0, 0.05) is 35.6 Å². The third-order valence-corrected chi connectivity index (χ3v) is 4.64. The van der Waals surface area contributed by atoms with Gasteiger partial charge in [-0.1, -0.05) is 0 Å². The molecule has 1 saturated carbocycles. The summed E-state index contributed by atoms with van der Waals surface area (Å²) in [6.45, 7) is 0. The molecule has 0 radical (unpaired) electrons. The fourth-order valence-corrected chi connectivity index (χ4v) is 2.84. The molecule has 1 aliphatic rings. The number of nitrogens with zero attached hydrogens (tertiary/aromatic N) is 4. The van der Waals surface area contributed by atoms with Gasteiger partial charge in [0.25, 0.3) is 10.0 Å². The Morgan fingerprint density at radius 2 is 2.00 bits per heavy atom. The third kappa shape index (κ3) is 3.49. The van der Waals surface area contributed by atoms with E-state index >= 15 is 0 Å². The maximum Gasteiger partial charge on any atom is 0.255 e. The molecule has 3 aromatic rings. The SMILES string of the molecule is NS(=O)(=O)c1ccc(-c2nccc(Nc3cc(C4CC4)[nH]n3)n2)cn1. The standard InChI is InChI=1S/C15H15N7O2S/c16-25(23,24)14-4-3-10(8-18-14)15-17-6-5-12(20-15)19-13-7-11(21-22-13)9-1-2-9/h3-9H,1-2H2,(H2,16,23,24)(H2,17,19,20,21,22). The van der Waals surface area contributed by atoms with Crippen LogP contribution in [0.1, 0.15) is 24.5 Å². The van der Waals surface area contributed by atoms with Crippen molar-refractivity contribution in [2.24, 2.45) is 5.14 Å². The second-order valence-electron chi connectivity index (χ2n) is 5.80. The monoisotopic (exact) mass is 357 g/mol. The first-order valence-electron chi connectivity index (χ1n) is 7.64. The zero-order valence-electron chi connectivity index (χ0n) is 13.0. The molecular weight excluding hydrogens is 342 g/mol. The van der Waals surface area contributed by atoms with Gasteiger partial charge in [0.15, 0.2) is 16.7 Å². The molecular formula is C15H15N7O2S. The number of hydrogen-bond donors (Lipinski definition) is 3. The van der Waals surface area contributed by atoms with Crippen molar-refractivity contribution in [2.75, 3.05) is 5.32 Å². The van der Waals surface area contributed by atoms with Gasteiger partial charge < -0.3 is 5.32 Å². The highest BCUT2D eigenvalue weighted by atomic mass is 32.2. The van der Waals surface area contributed by atoms with Gasteiger partial charge in [0.2, 0.25) is 0 Å². The average Bonchev–Trinajstić information content (AvgIpc) is 3.35. The molecule has 1 fully saturated rings. The third-order valence-electron chi connectivity index (χ3n) is 3.81. The van der Waals surface area contributed by atoms with Crippen LogP contribution in [0.3, 0.4) is 0 Å². The van der Waals surface area contributed by atoms with E-state index in [9.17, 15) is 8.42 Å². The van der Waals surface area contributed by atoms with E-state index in [0.29, 0.717) is 28.9 Å². The van der Waals surface area contributed by atoms with Crippen molar-refractivity contribution in [3.8, 4) is 11.4 Å². The van der Waals surface area contributed by atoms with Gasteiger partial charge in [-0.15, -0.1) is 0 Å². The van der Waals surface area contributed by atoms with Gasteiger partial charge in [-0.3, -0.25) is 5.10 Å². The number of aromatic nitrogens is 5. The number of pyridine rings is 1. The van der Waals surface area contributed by atoms with Crippen molar-refractivity contribution < 1.29 is 8.42 Å². The maximum atomic E-state index is 11.3. The molecule has 0 aliphatic heterocycles. The van der Waals surface area contributed by atoms with Crippen LogP contribution in [0.2, 0.25) is 0 Å². The molecule has 0 amide bonds. The number of H-pyrrole nitrogens is 1. The first kappa shape index (κ1) is 15.7. The quantitative estimate of drug-likeness (QED) is 0.629. The van der Waals surface area contributed by atoms with Gasteiger partial charge in [-0.25, -0.2) is 28.5 Å². The van der Waals surface area contributed by atoms with Crippen LogP contribution < -0.4 is 10.5 Å². The van der Waals surface area contributed by atoms with Gasteiger partial charge >= 0.3 is 0 Å². The predicted octanol–water partition coefficient (Wildman–Crippen LogP) is 1.53. The number of nitrogens with one attached hydrogen (secondary N) is 2. The minimum absolute atomic E-state index is 0.199. The number of primary sulfonamides is 1. The molecule has 1 aliphatic carbocycles. The zero-order valence-corrected chi connectivity index (χ0v) is 13.9. The highest BCUT2D eigenvalue weighted by molar-refractivity contribution is 7.89. The summed E-state index contributed by atoms with van der Waals surface area (Å²) in [5.41, 5.74) is 1.70. The molecule has 25 heavy (non-hydrogen) atoms. The minimum atomic E-state index is -3.83. The van der Waals surface area contributed by atoms with Gasteiger partial charge in [-0.2, -0.15) is 5.10 Å². The van der Waals surface area contributed by atoms with Crippen LogP contribution in [0.4, 0.5) is 11.6 Å². The van der Waals surface area contributed by atoms with E-state index in [1.165, 1.54) is 25.1 Å². The number of nitrogens with two attached hydrogens (primary N) is 1. The fourth-order valence-electron chi connectivity index (χ4n) is 2.38. The summed E-state index contributed by atoms with van der Waals surface area (Å²) in [6, 6.07) is 6.58. The van der Waals surface area contributed by atoms with Crippen molar-refractivity contribution in [3.05, 3.63) is 42.4 Å². The largest absolute Gasteiger partial charge is 0.323 e. The van der Waals surface area contributed by atoms with Crippen LogP contribution in [0.25, 0.3) is 11.4 Å². The smallest absolute Gasteiger partial charge is 0.255 e. The first-order valence-corrected chi connectivity index (χ1v) is 9.18. The van der Waals surface area contributed by atoms with Crippen molar-refractivity contribution in [1.29, 1.82) is 0 Å². The highest BCUT2D eigenvalue weighted by Gasteiger charge is 2.25. The van der Waals surface area contributed by atoms with E-state index in [2.05, 4.69) is 30.5 Å². The number of sulfonamides is 1. The van der Waals surface area contributed by atoms with Gasteiger partial charge in [-0.05, 0) is 31.0 Å². The molecule has 0 atom stereocenters. The van der Waals surface area contributed by atoms with Crippen LogP contribution in [-0.4, -0.2) is 33.6 Å². The first-order chi connectivity index (χ1) is 12.0. The molecule has 10 heteroatoms. The van der Waals surface area contributed by atoms with Crippen molar-refractivity contribution >= 4 is 21.7 Å². The normalized spacial score (nSPS) is 14.4. The summed E-state index contributed by atoms with van der Waals surface area (Å²) < 4.78 is 22.5. The van der Waals surface area contributed by atoms with Gasteiger partial charge in [0.1, 0.15) is 5.82 Å². The topological polar surface area (TPSA) is 140 Å². The Bertz CT molecular complexity index is 1010. The lowest BCUT2D eigenvalue weighted by molar-refractivity contribution is 0.594. The Kier molecular flexibility index (Phi) is 3.70. The molecule has 4 N–H and O–H groups in total. The molecule has 0 aromatic carbocycles. The molecule has 9 nitrogen and oxygen atoms in total. The zero-order chi connectivity index (χ0) is 17.4. The molecule has 0 spiro atoms. The molecule has 0 unspecified atom stereocenters. The minimum Gasteiger partial charge on any atom is -0.323 e. The summed E-state index contributed by atoms with van der Waals surface area (Å²) in [5, 5.41) is 15.2. The molecule has 4 rings (SSSR count). The second kappa shape index (κ2) is 5.90. The maximum absolute atomic E-state index is 11.3. The lowest BCUT2D eigenvalue weighted by atomic mass is 10.2.